The normalized spacial score (nSPS) is 19.7. The third-order valence-corrected chi connectivity index (χ3v) is 4.04. The highest BCUT2D eigenvalue weighted by molar-refractivity contribution is 7.89. The van der Waals surface area contributed by atoms with Gasteiger partial charge in [-0.05, 0) is 16.8 Å². The van der Waals surface area contributed by atoms with E-state index in [0.717, 1.165) is 0 Å². The predicted molar refractivity (Wildman–Crippen MR) is 71.3 cm³/mol. The fourth-order valence-electron chi connectivity index (χ4n) is 2.12. The third kappa shape index (κ3) is 4.44. The van der Waals surface area contributed by atoms with Gasteiger partial charge < -0.3 is 9.64 Å². The number of sulfonamides is 1. The van der Waals surface area contributed by atoms with Crippen molar-refractivity contribution in [3.05, 3.63) is 5.82 Å². The summed E-state index contributed by atoms with van der Waals surface area (Å²) in [6.45, 7) is 1.21. The van der Waals surface area contributed by atoms with Crippen LogP contribution in [0.15, 0.2) is 0 Å². The Morgan fingerprint density at radius 3 is 2.90 bits per heavy atom. The average molecular weight is 318 g/mol. The molecule has 1 saturated heterocycles. The van der Waals surface area contributed by atoms with Crippen LogP contribution in [0.5, 0.6) is 0 Å². The lowest BCUT2D eigenvalue weighted by Gasteiger charge is -2.32. The first-order valence-electron chi connectivity index (χ1n) is 6.49. The van der Waals surface area contributed by atoms with Crippen molar-refractivity contribution in [2.24, 2.45) is 12.2 Å². The molecule has 1 fully saturated rings. The van der Waals surface area contributed by atoms with Crippen LogP contribution in [0.1, 0.15) is 24.8 Å². The minimum absolute atomic E-state index is 0.123. The molecule has 118 valence electrons. The van der Waals surface area contributed by atoms with E-state index in [2.05, 4.69) is 15.5 Å². The van der Waals surface area contributed by atoms with Crippen LogP contribution in [0, 0.1) is 0 Å². The number of rotatable bonds is 5. The summed E-state index contributed by atoms with van der Waals surface area (Å²) < 4.78 is 28.8. The van der Waals surface area contributed by atoms with Gasteiger partial charge in [-0.25, -0.2) is 18.2 Å². The Morgan fingerprint density at radius 2 is 2.29 bits per heavy atom. The second-order valence-corrected chi connectivity index (χ2v) is 6.56. The monoisotopic (exact) mass is 318 g/mol. The molecule has 1 amide bonds. The summed E-state index contributed by atoms with van der Waals surface area (Å²) in [6, 6.07) is 0. The van der Waals surface area contributed by atoms with Crippen LogP contribution < -0.4 is 5.14 Å². The molecule has 10 nitrogen and oxygen atoms in total. The SMILES string of the molecule is Cn1nnnc1C1CN(C(=O)CCCS(N)(=O)=O)CCO1. The van der Waals surface area contributed by atoms with Crippen molar-refractivity contribution in [2.45, 2.75) is 18.9 Å². The maximum atomic E-state index is 12.1. The molecule has 21 heavy (non-hydrogen) atoms. The van der Waals surface area contributed by atoms with E-state index in [4.69, 9.17) is 9.88 Å². The number of aryl methyl sites for hydroxylation is 1. The molecule has 1 aliphatic rings. The van der Waals surface area contributed by atoms with E-state index in [1.165, 1.54) is 4.68 Å². The van der Waals surface area contributed by atoms with Crippen LogP contribution in [0.3, 0.4) is 0 Å². The number of carbonyl (C=O) groups is 1. The number of carbonyl (C=O) groups excluding carboxylic acids is 1. The molecule has 1 aliphatic heterocycles. The molecule has 0 aromatic carbocycles. The molecule has 0 spiro atoms. The third-order valence-electron chi connectivity index (χ3n) is 3.18. The number of morpholine rings is 1. The smallest absolute Gasteiger partial charge is 0.222 e. The van der Waals surface area contributed by atoms with Crippen LogP contribution in [0.4, 0.5) is 0 Å². The van der Waals surface area contributed by atoms with E-state index in [0.29, 0.717) is 25.5 Å². The lowest BCUT2D eigenvalue weighted by molar-refractivity contribution is -0.139. The predicted octanol–water partition coefficient (Wildman–Crippen LogP) is -1.82. The Labute approximate surface area is 122 Å². The lowest BCUT2D eigenvalue weighted by atomic mass is 10.2. The number of nitrogens with two attached hydrogens (primary N) is 1. The summed E-state index contributed by atoms with van der Waals surface area (Å²) in [7, 11) is -1.83. The topological polar surface area (TPSA) is 133 Å². The summed E-state index contributed by atoms with van der Waals surface area (Å²) in [5.74, 6) is 0.235. The first-order chi connectivity index (χ1) is 9.87. The minimum atomic E-state index is -3.53. The van der Waals surface area contributed by atoms with E-state index in [9.17, 15) is 13.2 Å². The summed E-state index contributed by atoms with van der Waals surface area (Å²) in [4.78, 5) is 13.7. The maximum absolute atomic E-state index is 12.1. The fourth-order valence-corrected chi connectivity index (χ4v) is 2.67. The van der Waals surface area contributed by atoms with Gasteiger partial charge in [0.1, 0.15) is 6.10 Å². The molecule has 2 rings (SSSR count). The fraction of sp³-hybridized carbons (Fsp3) is 0.800. The Kier molecular flexibility index (Phi) is 4.85. The van der Waals surface area contributed by atoms with Gasteiger partial charge in [0.05, 0.1) is 18.9 Å². The molecule has 2 N–H and O–H groups in total. The molecule has 1 atom stereocenters. The van der Waals surface area contributed by atoms with Crippen LogP contribution >= 0.6 is 0 Å². The summed E-state index contributed by atoms with van der Waals surface area (Å²) >= 11 is 0. The number of tetrazole rings is 1. The van der Waals surface area contributed by atoms with Crippen molar-refractivity contribution >= 4 is 15.9 Å². The molecule has 2 heterocycles. The van der Waals surface area contributed by atoms with Crippen molar-refractivity contribution in [3.8, 4) is 0 Å². The van der Waals surface area contributed by atoms with E-state index in [-0.39, 0.29) is 30.6 Å². The van der Waals surface area contributed by atoms with E-state index in [1.807, 2.05) is 0 Å². The second-order valence-electron chi connectivity index (χ2n) is 4.83. The Bertz CT molecular complexity index is 600. The molecule has 1 unspecified atom stereocenters. The van der Waals surface area contributed by atoms with E-state index in [1.54, 1.807) is 11.9 Å². The summed E-state index contributed by atoms with van der Waals surface area (Å²) in [6.07, 6.45) is -0.0215. The molecule has 0 radical (unpaired) electrons. The average Bonchev–Trinajstić information content (AvgIpc) is 2.83. The zero-order chi connectivity index (χ0) is 15.5. The molecular weight excluding hydrogens is 300 g/mol. The van der Waals surface area contributed by atoms with Gasteiger partial charge in [0, 0.05) is 20.0 Å². The molecule has 0 saturated carbocycles. The van der Waals surface area contributed by atoms with Gasteiger partial charge >= 0.3 is 0 Å². The number of aromatic nitrogens is 4. The first-order valence-corrected chi connectivity index (χ1v) is 8.20. The summed E-state index contributed by atoms with van der Waals surface area (Å²) in [5.41, 5.74) is 0. The van der Waals surface area contributed by atoms with Gasteiger partial charge in [0.2, 0.25) is 15.9 Å². The highest BCUT2D eigenvalue weighted by Crippen LogP contribution is 2.19. The van der Waals surface area contributed by atoms with Gasteiger partial charge in [-0.15, -0.1) is 5.10 Å². The zero-order valence-electron chi connectivity index (χ0n) is 11.7. The van der Waals surface area contributed by atoms with Crippen LogP contribution in [-0.2, 0) is 26.6 Å². The number of hydrogen-bond acceptors (Lipinski definition) is 7. The lowest BCUT2D eigenvalue weighted by Crippen LogP contribution is -2.43. The molecule has 0 bridgehead atoms. The molecular formula is C10H18N6O4S. The van der Waals surface area contributed by atoms with E-state index < -0.39 is 10.0 Å². The Morgan fingerprint density at radius 1 is 1.52 bits per heavy atom. The Balaban J connectivity index is 1.89. The van der Waals surface area contributed by atoms with Crippen LogP contribution in [0.2, 0.25) is 0 Å². The van der Waals surface area contributed by atoms with Gasteiger partial charge in [-0.2, -0.15) is 0 Å². The van der Waals surface area contributed by atoms with Gasteiger partial charge in [0.25, 0.3) is 0 Å². The Hall–Kier alpha value is -1.59. The van der Waals surface area contributed by atoms with Crippen molar-refractivity contribution in [2.75, 3.05) is 25.4 Å². The van der Waals surface area contributed by atoms with Crippen molar-refractivity contribution in [1.82, 2.24) is 25.1 Å². The highest BCUT2D eigenvalue weighted by atomic mass is 32.2. The largest absolute Gasteiger partial charge is 0.366 e. The molecule has 11 heteroatoms. The quantitative estimate of drug-likeness (QED) is 0.675. The van der Waals surface area contributed by atoms with Gasteiger partial charge in [0.15, 0.2) is 5.82 Å². The maximum Gasteiger partial charge on any atom is 0.222 e. The molecule has 1 aromatic rings. The van der Waals surface area contributed by atoms with Crippen molar-refractivity contribution < 1.29 is 17.9 Å². The molecule has 1 aromatic heterocycles. The standard InChI is InChI=1S/C10H18N6O4S/c1-15-10(12-13-14-15)8-7-16(4-5-20-8)9(17)3-2-6-21(11,18)19/h8H,2-7H2,1H3,(H2,11,18,19). The zero-order valence-corrected chi connectivity index (χ0v) is 12.5. The number of ether oxygens (including phenoxy) is 1. The second kappa shape index (κ2) is 6.45. The summed E-state index contributed by atoms with van der Waals surface area (Å²) in [5, 5.41) is 16.0. The van der Waals surface area contributed by atoms with E-state index >= 15 is 0 Å². The van der Waals surface area contributed by atoms with Crippen molar-refractivity contribution in [1.29, 1.82) is 0 Å². The number of primary sulfonamides is 1. The van der Waals surface area contributed by atoms with Crippen molar-refractivity contribution in [3.63, 3.8) is 0 Å². The van der Waals surface area contributed by atoms with Crippen LogP contribution in [0.25, 0.3) is 0 Å². The number of hydrogen-bond donors (Lipinski definition) is 1. The molecule has 0 aliphatic carbocycles. The minimum Gasteiger partial charge on any atom is -0.366 e. The number of nitrogens with zero attached hydrogens (tertiary/aromatic N) is 5. The number of amides is 1. The van der Waals surface area contributed by atoms with Gasteiger partial charge in [-0.3, -0.25) is 4.79 Å². The first kappa shape index (κ1) is 15.8. The highest BCUT2D eigenvalue weighted by Gasteiger charge is 2.28. The van der Waals surface area contributed by atoms with Gasteiger partial charge in [-0.1, -0.05) is 0 Å². The van der Waals surface area contributed by atoms with Crippen LogP contribution in [-0.4, -0.2) is 64.9 Å².